The zero-order valence-corrected chi connectivity index (χ0v) is 8.51. The van der Waals surface area contributed by atoms with Gasteiger partial charge in [-0.2, -0.15) is 0 Å². The average molecular weight is 204 g/mol. The van der Waals surface area contributed by atoms with Gasteiger partial charge in [-0.15, -0.1) is 12.8 Å². The van der Waals surface area contributed by atoms with Crippen molar-refractivity contribution in [3.8, 4) is 36.1 Å². The maximum atomic E-state index is 5.25. The Hall–Kier alpha value is -2.58. The molecule has 2 nitrogen and oxygen atoms in total. The van der Waals surface area contributed by atoms with Crippen molar-refractivity contribution >= 4 is 0 Å². The third-order valence-electron chi connectivity index (χ3n) is 2.12. The van der Waals surface area contributed by atoms with Crippen LogP contribution in [0.3, 0.4) is 0 Å². The second-order valence-electron chi connectivity index (χ2n) is 3.15. The first-order valence-corrected chi connectivity index (χ1v) is 4.69. The van der Waals surface area contributed by atoms with Gasteiger partial charge in [-0.3, -0.25) is 9.97 Å². The minimum atomic E-state index is 0.754. The van der Waals surface area contributed by atoms with Crippen LogP contribution in [0.5, 0.6) is 0 Å². The summed E-state index contributed by atoms with van der Waals surface area (Å²) in [7, 11) is 0. The summed E-state index contributed by atoms with van der Waals surface area (Å²) in [6, 6.07) is 7.35. The Kier molecular flexibility index (Phi) is 2.67. The van der Waals surface area contributed by atoms with Crippen molar-refractivity contribution in [2.75, 3.05) is 0 Å². The fourth-order valence-corrected chi connectivity index (χ4v) is 1.26. The van der Waals surface area contributed by atoms with Gasteiger partial charge in [-0.25, -0.2) is 0 Å². The van der Waals surface area contributed by atoms with Crippen LogP contribution in [0.25, 0.3) is 11.4 Å². The fourth-order valence-electron chi connectivity index (χ4n) is 1.26. The van der Waals surface area contributed by atoms with Crippen molar-refractivity contribution in [3.05, 3.63) is 47.8 Å². The Morgan fingerprint density at radius 1 is 0.750 bits per heavy atom. The molecule has 0 aromatic carbocycles. The highest BCUT2D eigenvalue weighted by Gasteiger charge is 2.00. The first kappa shape index (κ1) is 9.96. The van der Waals surface area contributed by atoms with E-state index in [-0.39, 0.29) is 0 Å². The molecule has 0 aliphatic carbocycles. The van der Waals surface area contributed by atoms with Gasteiger partial charge in [0.1, 0.15) is 0 Å². The van der Waals surface area contributed by atoms with Crippen LogP contribution < -0.4 is 0 Å². The third-order valence-corrected chi connectivity index (χ3v) is 2.12. The molecule has 2 heteroatoms. The van der Waals surface area contributed by atoms with Gasteiger partial charge in [-0.05, 0) is 24.3 Å². The number of pyridine rings is 2. The van der Waals surface area contributed by atoms with Gasteiger partial charge in [0.2, 0.25) is 0 Å². The second kappa shape index (κ2) is 4.29. The number of hydrogen-bond donors (Lipinski definition) is 0. The smallest absolute Gasteiger partial charge is 0.0887 e. The van der Waals surface area contributed by atoms with Gasteiger partial charge in [0.05, 0.1) is 11.4 Å². The summed E-state index contributed by atoms with van der Waals surface area (Å²) in [5.74, 6) is 5.03. The highest BCUT2D eigenvalue weighted by molar-refractivity contribution is 5.55. The lowest BCUT2D eigenvalue weighted by atomic mass is 10.2. The summed E-state index contributed by atoms with van der Waals surface area (Å²) in [5.41, 5.74) is 3.07. The van der Waals surface area contributed by atoms with E-state index in [1.54, 1.807) is 12.4 Å². The van der Waals surface area contributed by atoms with E-state index in [4.69, 9.17) is 12.8 Å². The van der Waals surface area contributed by atoms with E-state index in [1.807, 2.05) is 24.3 Å². The van der Waals surface area contributed by atoms with Gasteiger partial charge in [0.15, 0.2) is 0 Å². The average Bonchev–Trinajstić information content (AvgIpc) is 2.39. The largest absolute Gasteiger partial charge is 0.253 e. The Labute approximate surface area is 94.4 Å². The van der Waals surface area contributed by atoms with Crippen LogP contribution >= 0.6 is 0 Å². The van der Waals surface area contributed by atoms with Crippen molar-refractivity contribution in [3.63, 3.8) is 0 Å². The molecule has 0 atom stereocenters. The highest BCUT2D eigenvalue weighted by Crippen LogP contribution is 2.14. The molecule has 2 rings (SSSR count). The van der Waals surface area contributed by atoms with Crippen molar-refractivity contribution < 1.29 is 0 Å². The maximum Gasteiger partial charge on any atom is 0.0887 e. The zero-order chi connectivity index (χ0) is 11.4. The summed E-state index contributed by atoms with van der Waals surface area (Å²) < 4.78 is 0. The van der Waals surface area contributed by atoms with Crippen molar-refractivity contribution in [1.82, 2.24) is 9.97 Å². The van der Waals surface area contributed by atoms with Crippen LogP contribution in [0.4, 0.5) is 0 Å². The number of rotatable bonds is 1. The number of nitrogens with zero attached hydrogens (tertiary/aromatic N) is 2. The lowest BCUT2D eigenvalue weighted by Gasteiger charge is -1.99. The zero-order valence-electron chi connectivity index (χ0n) is 8.51. The lowest BCUT2D eigenvalue weighted by molar-refractivity contribution is 1.24. The van der Waals surface area contributed by atoms with Crippen molar-refractivity contribution in [2.24, 2.45) is 0 Å². The molecule has 0 saturated carbocycles. The predicted molar refractivity (Wildman–Crippen MR) is 63.3 cm³/mol. The summed E-state index contributed by atoms with van der Waals surface area (Å²) in [4.78, 5) is 8.44. The van der Waals surface area contributed by atoms with Crippen molar-refractivity contribution in [2.45, 2.75) is 0 Å². The van der Waals surface area contributed by atoms with E-state index in [0.717, 1.165) is 22.5 Å². The van der Waals surface area contributed by atoms with Crippen molar-refractivity contribution in [1.29, 1.82) is 0 Å². The fraction of sp³-hybridized carbons (Fsp3) is 0. The Morgan fingerprint density at radius 2 is 1.19 bits per heavy atom. The van der Waals surface area contributed by atoms with Crippen LogP contribution in [0.1, 0.15) is 11.1 Å². The van der Waals surface area contributed by atoms with E-state index in [1.165, 1.54) is 0 Å². The van der Waals surface area contributed by atoms with E-state index in [9.17, 15) is 0 Å². The molecule has 0 saturated heterocycles. The van der Waals surface area contributed by atoms with E-state index >= 15 is 0 Å². The van der Waals surface area contributed by atoms with Crippen LogP contribution in [0.15, 0.2) is 36.7 Å². The predicted octanol–water partition coefficient (Wildman–Crippen LogP) is 2.11. The van der Waals surface area contributed by atoms with Crippen LogP contribution in [-0.4, -0.2) is 9.97 Å². The molecule has 0 aliphatic heterocycles. The number of aromatic nitrogens is 2. The third kappa shape index (κ3) is 1.92. The molecule has 2 aromatic heterocycles. The molecule has 0 bridgehead atoms. The molecule has 0 radical (unpaired) electrons. The minimum Gasteiger partial charge on any atom is -0.253 e. The molecule has 16 heavy (non-hydrogen) atoms. The van der Waals surface area contributed by atoms with Gasteiger partial charge in [-0.1, -0.05) is 11.8 Å². The number of hydrogen-bond acceptors (Lipinski definition) is 2. The van der Waals surface area contributed by atoms with E-state index in [0.29, 0.717) is 0 Å². The summed E-state index contributed by atoms with van der Waals surface area (Å²) in [6.07, 6.45) is 13.8. The quantitative estimate of drug-likeness (QED) is 0.665. The molecule has 2 heterocycles. The molecule has 0 spiro atoms. The molecule has 74 valence electrons. The lowest BCUT2D eigenvalue weighted by Crippen LogP contribution is -1.88. The molecule has 0 N–H and O–H groups in total. The summed E-state index contributed by atoms with van der Waals surface area (Å²) in [5, 5.41) is 0. The van der Waals surface area contributed by atoms with Crippen LogP contribution in [-0.2, 0) is 0 Å². The Morgan fingerprint density at radius 3 is 1.44 bits per heavy atom. The molecule has 0 aliphatic rings. The molecule has 2 aromatic rings. The molecular weight excluding hydrogens is 196 g/mol. The monoisotopic (exact) mass is 204 g/mol. The standard InChI is InChI=1S/C14H8N2/c1-3-11-5-7-13(15-9-11)14-8-6-12(4-2)10-16-14/h1-2,5-10H. The molecule has 0 unspecified atom stereocenters. The Bertz CT molecular complexity index is 511. The maximum absolute atomic E-state index is 5.25. The SMILES string of the molecule is C#Cc1ccc(-c2ccc(C#C)cn2)nc1. The second-order valence-corrected chi connectivity index (χ2v) is 3.15. The van der Waals surface area contributed by atoms with E-state index in [2.05, 4.69) is 21.8 Å². The van der Waals surface area contributed by atoms with Gasteiger partial charge >= 0.3 is 0 Å². The summed E-state index contributed by atoms with van der Waals surface area (Å²) >= 11 is 0. The Balaban J connectivity index is 2.36. The molecular formula is C14H8N2. The first-order valence-electron chi connectivity index (χ1n) is 4.69. The minimum absolute atomic E-state index is 0.754. The summed E-state index contributed by atoms with van der Waals surface area (Å²) in [6.45, 7) is 0. The molecule has 0 fully saturated rings. The normalized spacial score (nSPS) is 9.12. The highest BCUT2D eigenvalue weighted by atomic mass is 14.8. The van der Waals surface area contributed by atoms with Gasteiger partial charge < -0.3 is 0 Å². The van der Waals surface area contributed by atoms with Gasteiger partial charge in [0.25, 0.3) is 0 Å². The first-order chi connectivity index (χ1) is 7.83. The van der Waals surface area contributed by atoms with E-state index < -0.39 is 0 Å². The van der Waals surface area contributed by atoms with Crippen LogP contribution in [0, 0.1) is 24.7 Å². The number of terminal acetylenes is 2. The molecule has 0 amide bonds. The topological polar surface area (TPSA) is 25.8 Å². The van der Waals surface area contributed by atoms with Crippen LogP contribution in [0.2, 0.25) is 0 Å². The van der Waals surface area contributed by atoms with Gasteiger partial charge in [0, 0.05) is 23.5 Å².